The van der Waals surface area contributed by atoms with Gasteiger partial charge < -0.3 is 16.4 Å². The molecule has 102 valence electrons. The van der Waals surface area contributed by atoms with Crippen LogP contribution in [0.2, 0.25) is 0 Å². The highest BCUT2D eigenvalue weighted by Gasteiger charge is 2.20. The Morgan fingerprint density at radius 2 is 2.11 bits per heavy atom. The summed E-state index contributed by atoms with van der Waals surface area (Å²) in [5, 5.41) is 5.95. The molecule has 0 bridgehead atoms. The Bertz CT molecular complexity index is 495. The highest BCUT2D eigenvalue weighted by Crippen LogP contribution is 2.27. The van der Waals surface area contributed by atoms with E-state index in [2.05, 4.69) is 10.6 Å². The van der Waals surface area contributed by atoms with Crippen molar-refractivity contribution in [3.8, 4) is 0 Å². The zero-order chi connectivity index (χ0) is 13.8. The van der Waals surface area contributed by atoms with E-state index in [1.807, 2.05) is 6.92 Å². The summed E-state index contributed by atoms with van der Waals surface area (Å²) in [4.78, 5) is 22.7. The molecule has 1 aromatic rings. The molecule has 0 unspecified atom stereocenters. The molecule has 0 saturated heterocycles. The Hall–Kier alpha value is -1.88. The third-order valence-corrected chi connectivity index (χ3v) is 3.20. The largest absolute Gasteiger partial charge is 0.366 e. The van der Waals surface area contributed by atoms with Crippen molar-refractivity contribution in [1.82, 2.24) is 5.32 Å². The lowest BCUT2D eigenvalue weighted by molar-refractivity contribution is -0.115. The van der Waals surface area contributed by atoms with Gasteiger partial charge in [-0.3, -0.25) is 9.59 Å². The molecular formula is C14H19N3O2. The van der Waals surface area contributed by atoms with Gasteiger partial charge in [-0.15, -0.1) is 0 Å². The van der Waals surface area contributed by atoms with Gasteiger partial charge >= 0.3 is 0 Å². The van der Waals surface area contributed by atoms with Crippen LogP contribution < -0.4 is 16.4 Å². The Balaban J connectivity index is 1.86. The summed E-state index contributed by atoms with van der Waals surface area (Å²) >= 11 is 0. The van der Waals surface area contributed by atoms with Crippen LogP contribution in [0.1, 0.15) is 28.8 Å². The smallest absolute Gasteiger partial charge is 0.248 e. The van der Waals surface area contributed by atoms with Gasteiger partial charge in [-0.2, -0.15) is 0 Å². The summed E-state index contributed by atoms with van der Waals surface area (Å²) in [7, 11) is 0. The van der Waals surface area contributed by atoms with Crippen LogP contribution in [-0.4, -0.2) is 24.9 Å². The minimum atomic E-state index is -0.466. The summed E-state index contributed by atoms with van der Waals surface area (Å²) in [5.74, 6) is 0.215. The number of amides is 2. The molecule has 4 N–H and O–H groups in total. The number of benzene rings is 1. The first-order chi connectivity index (χ1) is 9.06. The van der Waals surface area contributed by atoms with E-state index < -0.39 is 5.91 Å². The molecule has 0 radical (unpaired) electrons. The van der Waals surface area contributed by atoms with Crippen LogP contribution in [0.3, 0.4) is 0 Å². The van der Waals surface area contributed by atoms with Crippen molar-refractivity contribution in [2.75, 3.05) is 18.4 Å². The molecule has 1 fully saturated rings. The molecule has 2 rings (SSSR count). The molecule has 0 aromatic heterocycles. The molecular weight excluding hydrogens is 242 g/mol. The Morgan fingerprint density at radius 3 is 2.68 bits per heavy atom. The first kappa shape index (κ1) is 13.5. The van der Waals surface area contributed by atoms with Crippen molar-refractivity contribution in [2.24, 2.45) is 11.7 Å². The maximum atomic E-state index is 11.7. The number of primary amides is 1. The van der Waals surface area contributed by atoms with Crippen molar-refractivity contribution in [1.29, 1.82) is 0 Å². The number of carbonyl (C=O) groups is 2. The Morgan fingerprint density at radius 1 is 1.37 bits per heavy atom. The summed E-state index contributed by atoms with van der Waals surface area (Å²) < 4.78 is 0. The third kappa shape index (κ3) is 4.06. The van der Waals surface area contributed by atoms with Gasteiger partial charge in [0.15, 0.2) is 0 Å². The fraction of sp³-hybridized carbons (Fsp3) is 0.429. The van der Waals surface area contributed by atoms with E-state index in [0.717, 1.165) is 18.0 Å². The maximum Gasteiger partial charge on any atom is 0.248 e. The van der Waals surface area contributed by atoms with Crippen molar-refractivity contribution in [2.45, 2.75) is 19.8 Å². The van der Waals surface area contributed by atoms with Crippen LogP contribution >= 0.6 is 0 Å². The molecule has 5 heteroatoms. The van der Waals surface area contributed by atoms with Crippen LogP contribution in [-0.2, 0) is 4.79 Å². The van der Waals surface area contributed by atoms with Gasteiger partial charge in [-0.25, -0.2) is 0 Å². The van der Waals surface area contributed by atoms with E-state index in [9.17, 15) is 9.59 Å². The van der Waals surface area contributed by atoms with Crippen LogP contribution in [0.4, 0.5) is 5.69 Å². The molecule has 0 spiro atoms. The first-order valence-corrected chi connectivity index (χ1v) is 6.47. The van der Waals surface area contributed by atoms with E-state index >= 15 is 0 Å². The number of hydrogen-bond acceptors (Lipinski definition) is 3. The summed E-state index contributed by atoms with van der Waals surface area (Å²) in [6.07, 6.45) is 2.53. The van der Waals surface area contributed by atoms with E-state index in [1.165, 1.54) is 12.8 Å². The quantitative estimate of drug-likeness (QED) is 0.715. The maximum absolute atomic E-state index is 11.7. The van der Waals surface area contributed by atoms with Gasteiger partial charge in [-0.05, 0) is 56.0 Å². The Kier molecular flexibility index (Phi) is 4.16. The first-order valence-electron chi connectivity index (χ1n) is 6.47. The lowest BCUT2D eigenvalue weighted by Gasteiger charge is -2.10. The predicted octanol–water partition coefficient (Wildman–Crippen LogP) is 1.03. The molecule has 19 heavy (non-hydrogen) atoms. The second-order valence-corrected chi connectivity index (χ2v) is 5.02. The van der Waals surface area contributed by atoms with Gasteiger partial charge in [0.05, 0.1) is 6.54 Å². The van der Waals surface area contributed by atoms with Crippen LogP contribution in [0.25, 0.3) is 0 Å². The molecule has 1 aromatic carbocycles. The van der Waals surface area contributed by atoms with Crippen molar-refractivity contribution >= 4 is 17.5 Å². The Labute approximate surface area is 112 Å². The highest BCUT2D eigenvalue weighted by molar-refractivity contribution is 5.96. The minimum Gasteiger partial charge on any atom is -0.366 e. The summed E-state index contributed by atoms with van der Waals surface area (Å²) in [5.41, 5.74) is 7.18. The van der Waals surface area contributed by atoms with E-state index in [4.69, 9.17) is 5.73 Å². The molecule has 1 aliphatic rings. The lowest BCUT2D eigenvalue weighted by Crippen LogP contribution is -2.29. The minimum absolute atomic E-state index is 0.0735. The number of anilines is 1. The number of rotatable bonds is 6. The van der Waals surface area contributed by atoms with Gasteiger partial charge in [0.1, 0.15) is 0 Å². The standard InChI is InChI=1S/C14H19N3O2/c1-9-6-11(14(15)19)4-5-12(9)17-13(18)8-16-7-10-2-3-10/h4-6,10,16H,2-3,7-8H2,1H3,(H2,15,19)(H,17,18). The van der Waals surface area contributed by atoms with Crippen molar-refractivity contribution in [3.63, 3.8) is 0 Å². The average Bonchev–Trinajstić information content (AvgIpc) is 3.15. The van der Waals surface area contributed by atoms with Gasteiger partial charge in [-0.1, -0.05) is 0 Å². The molecule has 5 nitrogen and oxygen atoms in total. The predicted molar refractivity (Wildman–Crippen MR) is 73.9 cm³/mol. The van der Waals surface area contributed by atoms with Gasteiger partial charge in [0.2, 0.25) is 11.8 Å². The van der Waals surface area contributed by atoms with E-state index in [-0.39, 0.29) is 5.91 Å². The van der Waals surface area contributed by atoms with Crippen LogP contribution in [0.15, 0.2) is 18.2 Å². The molecule has 0 heterocycles. The third-order valence-electron chi connectivity index (χ3n) is 3.20. The fourth-order valence-electron chi connectivity index (χ4n) is 1.86. The monoisotopic (exact) mass is 261 g/mol. The molecule has 0 aliphatic heterocycles. The normalized spacial score (nSPS) is 14.2. The molecule has 1 saturated carbocycles. The number of hydrogen-bond donors (Lipinski definition) is 3. The van der Waals surface area contributed by atoms with Crippen LogP contribution in [0.5, 0.6) is 0 Å². The molecule has 0 atom stereocenters. The number of nitrogens with two attached hydrogens (primary N) is 1. The zero-order valence-electron chi connectivity index (χ0n) is 11.0. The van der Waals surface area contributed by atoms with E-state index in [1.54, 1.807) is 18.2 Å². The van der Waals surface area contributed by atoms with Crippen molar-refractivity contribution < 1.29 is 9.59 Å². The lowest BCUT2D eigenvalue weighted by atomic mass is 10.1. The second-order valence-electron chi connectivity index (χ2n) is 5.02. The topological polar surface area (TPSA) is 84.2 Å². The van der Waals surface area contributed by atoms with E-state index in [0.29, 0.717) is 17.8 Å². The summed E-state index contributed by atoms with van der Waals surface area (Å²) in [6.45, 7) is 3.06. The summed E-state index contributed by atoms with van der Waals surface area (Å²) in [6, 6.07) is 4.99. The number of nitrogens with one attached hydrogen (secondary N) is 2. The van der Waals surface area contributed by atoms with Crippen molar-refractivity contribution in [3.05, 3.63) is 29.3 Å². The fourth-order valence-corrected chi connectivity index (χ4v) is 1.86. The highest BCUT2D eigenvalue weighted by atomic mass is 16.2. The number of carbonyl (C=O) groups excluding carboxylic acids is 2. The van der Waals surface area contributed by atoms with Gasteiger partial charge in [0.25, 0.3) is 0 Å². The average molecular weight is 261 g/mol. The number of aryl methyl sites for hydroxylation is 1. The SMILES string of the molecule is Cc1cc(C(N)=O)ccc1NC(=O)CNCC1CC1. The van der Waals surface area contributed by atoms with Crippen LogP contribution in [0, 0.1) is 12.8 Å². The second kappa shape index (κ2) is 5.84. The molecule has 1 aliphatic carbocycles. The zero-order valence-corrected chi connectivity index (χ0v) is 11.0. The molecule has 2 amide bonds. The van der Waals surface area contributed by atoms with Gasteiger partial charge in [0, 0.05) is 11.3 Å².